The van der Waals surface area contributed by atoms with Gasteiger partial charge in [-0.05, 0) is 49.4 Å². The number of aryl methyl sites for hydroxylation is 2. The maximum absolute atomic E-state index is 12.7. The van der Waals surface area contributed by atoms with E-state index in [1.165, 1.54) is 0 Å². The molecule has 22 heavy (non-hydrogen) atoms. The summed E-state index contributed by atoms with van der Waals surface area (Å²) in [6, 6.07) is 14.4. The van der Waals surface area contributed by atoms with Gasteiger partial charge in [-0.2, -0.15) is 0 Å². The lowest BCUT2D eigenvalue weighted by Gasteiger charge is -2.34. The zero-order valence-electron chi connectivity index (χ0n) is 12.6. The molecule has 0 aliphatic heterocycles. The third-order valence-electron chi connectivity index (χ3n) is 4.36. The normalized spacial score (nSPS) is 21.4. The van der Waals surface area contributed by atoms with Gasteiger partial charge in [0.15, 0.2) is 9.84 Å². The van der Waals surface area contributed by atoms with Crippen LogP contribution in [0.2, 0.25) is 0 Å². The number of hydrogen-bond donors (Lipinski definition) is 1. The Hall–Kier alpha value is -1.65. The van der Waals surface area contributed by atoms with Crippen molar-refractivity contribution >= 4 is 9.84 Å². The second kappa shape index (κ2) is 5.52. The quantitative estimate of drug-likeness (QED) is 0.947. The van der Waals surface area contributed by atoms with Crippen molar-refractivity contribution in [2.75, 3.05) is 5.75 Å². The van der Waals surface area contributed by atoms with E-state index in [4.69, 9.17) is 0 Å². The number of fused-ring (bicyclic) bond motifs is 1. The predicted molar refractivity (Wildman–Crippen MR) is 86.5 cm³/mol. The highest BCUT2D eigenvalue weighted by Crippen LogP contribution is 2.37. The Morgan fingerprint density at radius 1 is 1.09 bits per heavy atom. The van der Waals surface area contributed by atoms with Crippen molar-refractivity contribution in [1.82, 2.24) is 0 Å². The van der Waals surface area contributed by atoms with Crippen LogP contribution in [0.1, 0.15) is 29.5 Å². The van der Waals surface area contributed by atoms with Crippen LogP contribution in [0.5, 0.6) is 0 Å². The van der Waals surface area contributed by atoms with Crippen LogP contribution in [0, 0.1) is 6.92 Å². The molecule has 0 amide bonds. The van der Waals surface area contributed by atoms with Crippen molar-refractivity contribution in [3.8, 4) is 0 Å². The molecule has 3 nitrogen and oxygen atoms in total. The third kappa shape index (κ3) is 2.81. The Bertz CT molecular complexity index is 778. The van der Waals surface area contributed by atoms with E-state index in [1.54, 1.807) is 24.3 Å². The van der Waals surface area contributed by atoms with Crippen LogP contribution >= 0.6 is 0 Å². The van der Waals surface area contributed by atoms with Gasteiger partial charge in [-0.25, -0.2) is 8.42 Å². The lowest BCUT2D eigenvalue weighted by molar-refractivity contribution is 0.0421. The standard InChI is InChI=1S/C18H20O3S/c1-14-8-10-16(11-9-14)22(20,21)13-18(19)12-4-6-15-5-2-3-7-17(15)18/h2-3,5,7-11,19H,4,6,12-13H2,1H3. The Morgan fingerprint density at radius 2 is 1.77 bits per heavy atom. The second-order valence-electron chi connectivity index (χ2n) is 6.11. The molecule has 0 fully saturated rings. The first-order chi connectivity index (χ1) is 10.4. The highest BCUT2D eigenvalue weighted by molar-refractivity contribution is 7.91. The molecule has 0 saturated heterocycles. The first-order valence-electron chi connectivity index (χ1n) is 7.51. The second-order valence-corrected chi connectivity index (χ2v) is 8.10. The lowest BCUT2D eigenvalue weighted by atomic mass is 9.80. The molecular formula is C18H20O3S. The molecule has 1 unspecified atom stereocenters. The molecule has 4 heteroatoms. The molecule has 0 saturated carbocycles. The fourth-order valence-electron chi connectivity index (χ4n) is 3.19. The molecule has 2 aromatic rings. The van der Waals surface area contributed by atoms with Gasteiger partial charge in [-0.15, -0.1) is 0 Å². The molecule has 2 aromatic carbocycles. The number of hydrogen-bond acceptors (Lipinski definition) is 3. The van der Waals surface area contributed by atoms with E-state index in [-0.39, 0.29) is 10.6 Å². The summed E-state index contributed by atoms with van der Waals surface area (Å²) in [5, 5.41) is 11.0. The van der Waals surface area contributed by atoms with Crippen LogP contribution in [0.25, 0.3) is 0 Å². The SMILES string of the molecule is Cc1ccc(S(=O)(=O)CC2(O)CCCc3ccccc32)cc1. The molecule has 3 rings (SSSR count). The topological polar surface area (TPSA) is 54.4 Å². The predicted octanol–water partition coefficient (Wildman–Crippen LogP) is 2.99. The fourth-order valence-corrected chi connectivity index (χ4v) is 4.84. The van der Waals surface area contributed by atoms with E-state index in [2.05, 4.69) is 0 Å². The molecule has 0 bridgehead atoms. The van der Waals surface area contributed by atoms with Gasteiger partial charge in [0.05, 0.1) is 10.6 Å². The van der Waals surface area contributed by atoms with E-state index >= 15 is 0 Å². The summed E-state index contributed by atoms with van der Waals surface area (Å²) in [6.07, 6.45) is 2.18. The average Bonchev–Trinajstić information content (AvgIpc) is 2.47. The minimum atomic E-state index is -3.53. The van der Waals surface area contributed by atoms with E-state index < -0.39 is 15.4 Å². The minimum absolute atomic E-state index is 0.264. The number of aliphatic hydroxyl groups is 1. The first-order valence-corrected chi connectivity index (χ1v) is 9.16. The molecule has 1 aliphatic carbocycles. The minimum Gasteiger partial charge on any atom is -0.384 e. The molecule has 0 spiro atoms. The smallest absolute Gasteiger partial charge is 0.181 e. The van der Waals surface area contributed by atoms with Crippen molar-refractivity contribution in [2.45, 2.75) is 36.7 Å². The van der Waals surface area contributed by atoms with Crippen LogP contribution in [0.3, 0.4) is 0 Å². The molecule has 1 aliphatic rings. The van der Waals surface area contributed by atoms with E-state index in [9.17, 15) is 13.5 Å². The molecule has 116 valence electrons. The van der Waals surface area contributed by atoms with Crippen molar-refractivity contribution in [3.63, 3.8) is 0 Å². The van der Waals surface area contributed by atoms with Crippen LogP contribution < -0.4 is 0 Å². The maximum Gasteiger partial charge on any atom is 0.181 e. The van der Waals surface area contributed by atoms with Gasteiger partial charge in [-0.1, -0.05) is 42.0 Å². The third-order valence-corrected chi connectivity index (χ3v) is 6.21. The summed E-state index contributed by atoms with van der Waals surface area (Å²) in [7, 11) is -3.53. The Morgan fingerprint density at radius 3 is 2.50 bits per heavy atom. The zero-order chi connectivity index (χ0) is 15.8. The van der Waals surface area contributed by atoms with Crippen LogP contribution in [0.15, 0.2) is 53.4 Å². The Labute approximate surface area is 131 Å². The molecule has 1 N–H and O–H groups in total. The molecule has 0 aromatic heterocycles. The summed E-state index contributed by atoms with van der Waals surface area (Å²) in [5.74, 6) is -0.264. The van der Waals surface area contributed by atoms with Gasteiger partial charge in [-0.3, -0.25) is 0 Å². The number of sulfone groups is 1. The van der Waals surface area contributed by atoms with Gasteiger partial charge in [0.25, 0.3) is 0 Å². The molecular weight excluding hydrogens is 296 g/mol. The fraction of sp³-hybridized carbons (Fsp3) is 0.333. The first kappa shape index (κ1) is 15.3. The molecule has 1 atom stereocenters. The van der Waals surface area contributed by atoms with Gasteiger partial charge in [0.1, 0.15) is 5.60 Å². The van der Waals surface area contributed by atoms with Crippen molar-refractivity contribution in [1.29, 1.82) is 0 Å². The van der Waals surface area contributed by atoms with E-state index in [0.717, 1.165) is 29.5 Å². The van der Waals surface area contributed by atoms with Crippen LogP contribution in [0.4, 0.5) is 0 Å². The van der Waals surface area contributed by atoms with Crippen molar-refractivity contribution in [3.05, 3.63) is 65.2 Å². The van der Waals surface area contributed by atoms with Crippen molar-refractivity contribution < 1.29 is 13.5 Å². The monoisotopic (exact) mass is 316 g/mol. The van der Waals surface area contributed by atoms with Gasteiger partial charge in [0.2, 0.25) is 0 Å². The van der Waals surface area contributed by atoms with Crippen molar-refractivity contribution in [2.24, 2.45) is 0 Å². The van der Waals surface area contributed by atoms with Crippen LogP contribution in [-0.2, 0) is 21.9 Å². The molecule has 0 heterocycles. The van der Waals surface area contributed by atoms with Gasteiger partial charge < -0.3 is 5.11 Å². The van der Waals surface area contributed by atoms with Gasteiger partial charge >= 0.3 is 0 Å². The highest BCUT2D eigenvalue weighted by Gasteiger charge is 2.38. The Balaban J connectivity index is 1.97. The number of rotatable bonds is 3. The van der Waals surface area contributed by atoms with E-state index in [0.29, 0.717) is 6.42 Å². The van der Waals surface area contributed by atoms with E-state index in [1.807, 2.05) is 31.2 Å². The highest BCUT2D eigenvalue weighted by atomic mass is 32.2. The maximum atomic E-state index is 12.7. The number of benzene rings is 2. The summed E-state index contributed by atoms with van der Waals surface area (Å²) < 4.78 is 25.3. The zero-order valence-corrected chi connectivity index (χ0v) is 13.4. The largest absolute Gasteiger partial charge is 0.384 e. The summed E-state index contributed by atoms with van der Waals surface area (Å²) in [4.78, 5) is 0.273. The van der Waals surface area contributed by atoms with Crippen LogP contribution in [-0.4, -0.2) is 19.3 Å². The average molecular weight is 316 g/mol. The Kier molecular flexibility index (Phi) is 3.83. The molecule has 0 radical (unpaired) electrons. The summed E-state index contributed by atoms with van der Waals surface area (Å²) in [6.45, 7) is 1.92. The summed E-state index contributed by atoms with van der Waals surface area (Å²) >= 11 is 0. The van der Waals surface area contributed by atoms with Gasteiger partial charge in [0, 0.05) is 0 Å². The lowest BCUT2D eigenvalue weighted by Crippen LogP contribution is -2.37. The summed E-state index contributed by atoms with van der Waals surface area (Å²) in [5.41, 5.74) is 1.53.